The summed E-state index contributed by atoms with van der Waals surface area (Å²) in [6.45, 7) is 3.93. The molecule has 7 heteroatoms. The summed E-state index contributed by atoms with van der Waals surface area (Å²) in [5.41, 5.74) is 0. The third kappa shape index (κ3) is 9.73. The molecule has 108 valence electrons. The van der Waals surface area contributed by atoms with Crippen LogP contribution in [0.4, 0.5) is 0 Å². The fraction of sp³-hybridized carbons (Fsp3) is 0.909. The molecule has 1 unspecified atom stereocenters. The van der Waals surface area contributed by atoms with E-state index in [1.807, 2.05) is 6.92 Å². The highest BCUT2D eigenvalue weighted by atomic mass is 32.2. The van der Waals surface area contributed by atoms with Gasteiger partial charge < -0.3 is 4.74 Å². The average molecular weight is 297 g/mol. The first-order valence-electron chi connectivity index (χ1n) is 6.05. The molecule has 0 aromatic heterocycles. The van der Waals surface area contributed by atoms with Gasteiger partial charge in [0.1, 0.15) is 0 Å². The van der Waals surface area contributed by atoms with Crippen LogP contribution in [0, 0.1) is 0 Å². The second kappa shape index (κ2) is 9.63. The summed E-state index contributed by atoms with van der Waals surface area (Å²) in [4.78, 5) is 10.9. The lowest BCUT2D eigenvalue weighted by molar-refractivity contribution is -0.140. The lowest BCUT2D eigenvalue weighted by Gasteiger charge is -2.13. The van der Waals surface area contributed by atoms with Crippen LogP contribution in [0.2, 0.25) is 0 Å². The predicted molar refractivity (Wildman–Crippen MR) is 75.3 cm³/mol. The average Bonchev–Trinajstić information content (AvgIpc) is 2.28. The minimum atomic E-state index is -3.29. The number of ether oxygens (including phenoxy) is 1. The standard InChI is InChI=1S/C11H23NO4S2/c1-4-17-8-7-10(2)12-18(14,15)9-5-6-11(13)16-3/h10,12H,4-9H2,1-3H3. The first-order valence-corrected chi connectivity index (χ1v) is 8.86. The largest absolute Gasteiger partial charge is 0.469 e. The number of sulfonamides is 1. The number of nitrogens with one attached hydrogen (secondary N) is 1. The van der Waals surface area contributed by atoms with Gasteiger partial charge in [-0.2, -0.15) is 11.8 Å². The van der Waals surface area contributed by atoms with Crippen LogP contribution in [0.1, 0.15) is 33.1 Å². The Balaban J connectivity index is 3.88. The monoisotopic (exact) mass is 297 g/mol. The molecule has 0 saturated heterocycles. The molecule has 5 nitrogen and oxygen atoms in total. The number of hydrogen-bond acceptors (Lipinski definition) is 5. The van der Waals surface area contributed by atoms with Crippen molar-refractivity contribution < 1.29 is 17.9 Å². The van der Waals surface area contributed by atoms with Crippen molar-refractivity contribution in [3.8, 4) is 0 Å². The van der Waals surface area contributed by atoms with E-state index in [1.165, 1.54) is 7.11 Å². The molecule has 18 heavy (non-hydrogen) atoms. The van der Waals surface area contributed by atoms with E-state index < -0.39 is 10.0 Å². The Bertz CT molecular complexity index is 330. The van der Waals surface area contributed by atoms with Gasteiger partial charge in [0.05, 0.1) is 12.9 Å². The van der Waals surface area contributed by atoms with Crippen LogP contribution in [0.3, 0.4) is 0 Å². The molecule has 0 heterocycles. The van der Waals surface area contributed by atoms with Gasteiger partial charge in [-0.25, -0.2) is 13.1 Å². The summed E-state index contributed by atoms with van der Waals surface area (Å²) in [5.74, 6) is 1.58. The lowest BCUT2D eigenvalue weighted by atomic mass is 10.3. The molecule has 0 aliphatic heterocycles. The van der Waals surface area contributed by atoms with Crippen LogP contribution < -0.4 is 4.72 Å². The van der Waals surface area contributed by atoms with Gasteiger partial charge in [-0.3, -0.25) is 4.79 Å². The van der Waals surface area contributed by atoms with Crippen LogP contribution in [-0.4, -0.2) is 44.8 Å². The Morgan fingerprint density at radius 3 is 2.67 bits per heavy atom. The maximum atomic E-state index is 11.7. The van der Waals surface area contributed by atoms with Gasteiger partial charge in [-0.15, -0.1) is 0 Å². The van der Waals surface area contributed by atoms with Crippen LogP contribution in [0.25, 0.3) is 0 Å². The SMILES string of the molecule is CCSCCC(C)NS(=O)(=O)CCCC(=O)OC. The van der Waals surface area contributed by atoms with E-state index in [1.54, 1.807) is 11.8 Å². The number of rotatable bonds is 10. The first kappa shape index (κ1) is 17.7. The highest BCUT2D eigenvalue weighted by Crippen LogP contribution is 2.05. The van der Waals surface area contributed by atoms with E-state index in [4.69, 9.17) is 0 Å². The van der Waals surface area contributed by atoms with Crippen LogP contribution in [0.5, 0.6) is 0 Å². The smallest absolute Gasteiger partial charge is 0.305 e. The van der Waals surface area contributed by atoms with Crippen molar-refractivity contribution in [1.29, 1.82) is 0 Å². The number of esters is 1. The minimum Gasteiger partial charge on any atom is -0.469 e. The lowest BCUT2D eigenvalue weighted by Crippen LogP contribution is -2.34. The fourth-order valence-corrected chi connectivity index (χ4v) is 3.52. The van der Waals surface area contributed by atoms with Crippen molar-refractivity contribution in [2.24, 2.45) is 0 Å². The van der Waals surface area contributed by atoms with E-state index in [0.29, 0.717) is 6.42 Å². The van der Waals surface area contributed by atoms with E-state index in [0.717, 1.165) is 17.9 Å². The molecular weight excluding hydrogens is 274 g/mol. The van der Waals surface area contributed by atoms with Crippen molar-refractivity contribution in [1.82, 2.24) is 4.72 Å². The van der Waals surface area contributed by atoms with Crippen LogP contribution in [-0.2, 0) is 19.6 Å². The molecule has 0 radical (unpaired) electrons. The zero-order chi connectivity index (χ0) is 14.0. The Morgan fingerprint density at radius 2 is 2.11 bits per heavy atom. The second-order valence-electron chi connectivity index (χ2n) is 4.00. The van der Waals surface area contributed by atoms with Crippen molar-refractivity contribution >= 4 is 27.8 Å². The van der Waals surface area contributed by atoms with E-state index in [9.17, 15) is 13.2 Å². The van der Waals surface area contributed by atoms with Gasteiger partial charge in [-0.1, -0.05) is 6.92 Å². The summed E-state index contributed by atoms with van der Waals surface area (Å²) < 4.78 is 30.4. The topological polar surface area (TPSA) is 72.5 Å². The van der Waals surface area contributed by atoms with Gasteiger partial charge in [0.15, 0.2) is 0 Å². The Morgan fingerprint density at radius 1 is 1.44 bits per heavy atom. The molecule has 0 rings (SSSR count). The third-order valence-electron chi connectivity index (χ3n) is 2.30. The Hall–Kier alpha value is -0.270. The molecule has 0 aliphatic carbocycles. The summed E-state index contributed by atoms with van der Waals surface area (Å²) in [6.07, 6.45) is 1.24. The predicted octanol–water partition coefficient (Wildman–Crippen LogP) is 1.39. The number of carbonyl (C=O) groups excluding carboxylic acids is 1. The molecule has 0 fully saturated rings. The normalized spacial score (nSPS) is 13.3. The Labute approximate surface area is 114 Å². The molecule has 0 saturated carbocycles. The van der Waals surface area contributed by atoms with E-state index in [2.05, 4.69) is 16.4 Å². The molecular formula is C11H23NO4S2. The fourth-order valence-electron chi connectivity index (χ4n) is 1.34. The highest BCUT2D eigenvalue weighted by molar-refractivity contribution is 7.99. The summed E-state index contributed by atoms with van der Waals surface area (Å²) >= 11 is 1.79. The molecule has 0 amide bonds. The number of methoxy groups -OCH3 is 1. The molecule has 0 aromatic carbocycles. The molecule has 1 N–H and O–H groups in total. The maximum absolute atomic E-state index is 11.7. The van der Waals surface area contributed by atoms with Gasteiger partial charge in [-0.05, 0) is 31.3 Å². The first-order chi connectivity index (χ1) is 8.41. The summed E-state index contributed by atoms with van der Waals surface area (Å²) in [7, 11) is -1.99. The van der Waals surface area contributed by atoms with Crippen molar-refractivity contribution in [2.45, 2.75) is 39.2 Å². The number of hydrogen-bond donors (Lipinski definition) is 1. The van der Waals surface area contributed by atoms with Gasteiger partial charge in [0.25, 0.3) is 0 Å². The van der Waals surface area contributed by atoms with Crippen molar-refractivity contribution in [3.63, 3.8) is 0 Å². The van der Waals surface area contributed by atoms with Crippen molar-refractivity contribution in [2.75, 3.05) is 24.4 Å². The molecule has 0 spiro atoms. The summed E-state index contributed by atoms with van der Waals surface area (Å²) in [5, 5.41) is 0. The molecule has 0 aliphatic rings. The minimum absolute atomic E-state index is 0.0344. The zero-order valence-corrected chi connectivity index (χ0v) is 12.9. The quantitative estimate of drug-likeness (QED) is 0.487. The molecule has 0 aromatic rings. The van der Waals surface area contributed by atoms with Crippen molar-refractivity contribution in [3.05, 3.63) is 0 Å². The third-order valence-corrected chi connectivity index (χ3v) is 4.82. The second-order valence-corrected chi connectivity index (χ2v) is 7.27. The highest BCUT2D eigenvalue weighted by Gasteiger charge is 2.14. The van der Waals surface area contributed by atoms with Crippen LogP contribution in [0.15, 0.2) is 0 Å². The van der Waals surface area contributed by atoms with E-state index >= 15 is 0 Å². The van der Waals surface area contributed by atoms with E-state index in [-0.39, 0.29) is 24.2 Å². The van der Waals surface area contributed by atoms with Crippen LogP contribution >= 0.6 is 11.8 Å². The van der Waals surface area contributed by atoms with Gasteiger partial charge in [0, 0.05) is 12.5 Å². The summed E-state index contributed by atoms with van der Waals surface area (Å²) in [6, 6.07) is -0.0628. The van der Waals surface area contributed by atoms with Gasteiger partial charge >= 0.3 is 5.97 Å². The zero-order valence-electron chi connectivity index (χ0n) is 11.3. The maximum Gasteiger partial charge on any atom is 0.305 e. The van der Waals surface area contributed by atoms with Gasteiger partial charge in [0.2, 0.25) is 10.0 Å². The number of thioether (sulfide) groups is 1. The molecule has 1 atom stereocenters. The molecule has 0 bridgehead atoms. The Kier molecular flexibility index (Phi) is 9.49. The number of carbonyl (C=O) groups is 1.